The van der Waals surface area contributed by atoms with E-state index in [1.54, 1.807) is 5.56 Å². The van der Waals surface area contributed by atoms with E-state index in [2.05, 4.69) is 426 Å². The van der Waals surface area contributed by atoms with Gasteiger partial charge in [0.25, 0.3) is 0 Å². The SMILES string of the molecule is C.C.CC.CC.CC.CC.CC.CC.CC.CCC(CC)Cc1ccc(-c2ccc(-c3ccc(C)cc3)cc2)cc1.CCC(CC)Cc1ccc(-c2ccc(C)cc2)cc1.CCCc1ccc(-c2cc(-c3ccc(CCC)cc3)cc(-c3ccc(CCC)cc3)c2)cc1.CCCc1ccc(-c2cc(CCC)cc(-c3ccc(CCC)cc3)c2)cc1.CCc1ccc(-c2ccc(C3CCC(CC)CC3)cc2)c(C)c1C.[HH]. The van der Waals surface area contributed by atoms with Gasteiger partial charge in [0.2, 0.25) is 0 Å². The van der Waals surface area contributed by atoms with Gasteiger partial charge >= 0.3 is 0 Å². The molecule has 14 aromatic rings. The van der Waals surface area contributed by atoms with Crippen LogP contribution in [0.1, 0.15) is 376 Å². The van der Waals surface area contributed by atoms with Crippen LogP contribution in [0.2, 0.25) is 0 Å². The second-order valence-corrected chi connectivity index (χ2v) is 36.8. The second kappa shape index (κ2) is 75.8. The van der Waals surface area contributed by atoms with Crippen LogP contribution in [0.15, 0.2) is 315 Å². The number of benzene rings is 14. The van der Waals surface area contributed by atoms with E-state index >= 15 is 0 Å². The van der Waals surface area contributed by atoms with Crippen molar-refractivity contribution >= 4 is 0 Å². The highest BCUT2D eigenvalue weighted by Gasteiger charge is 2.22. The first-order chi connectivity index (χ1) is 69.5. The summed E-state index contributed by atoms with van der Waals surface area (Å²) >= 11 is 0. The third-order valence-electron chi connectivity index (χ3n) is 27.2. The van der Waals surface area contributed by atoms with Crippen LogP contribution in [-0.2, 0) is 57.8 Å². The third kappa shape index (κ3) is 42.6. The van der Waals surface area contributed by atoms with E-state index in [-0.39, 0.29) is 16.3 Å². The fraction of sp³-hybridized carbons (Fsp3) is 0.417. The van der Waals surface area contributed by atoms with Crippen molar-refractivity contribution in [2.45, 2.75) is 383 Å². The Morgan fingerprint density at radius 3 is 0.667 bits per heavy atom. The summed E-state index contributed by atoms with van der Waals surface area (Å²) in [6.45, 7) is 64.0. The molecule has 0 amide bonds. The van der Waals surface area contributed by atoms with Crippen LogP contribution in [0.25, 0.3) is 100 Å². The lowest BCUT2D eigenvalue weighted by molar-refractivity contribution is 0.319. The summed E-state index contributed by atoms with van der Waals surface area (Å²) in [5, 5.41) is 0. The molecule has 1 aliphatic carbocycles. The average molecular weight is 1940 g/mol. The van der Waals surface area contributed by atoms with Gasteiger partial charge in [-0.3, -0.25) is 0 Å². The van der Waals surface area contributed by atoms with E-state index in [1.165, 1.54) is 282 Å². The molecule has 0 unspecified atom stereocenters. The Morgan fingerprint density at radius 1 is 0.215 bits per heavy atom. The summed E-state index contributed by atoms with van der Waals surface area (Å²) in [5.74, 6) is 3.39. The molecular weight excluding hydrogens is 1730 g/mol. The van der Waals surface area contributed by atoms with Gasteiger partial charge in [-0.25, -0.2) is 0 Å². The highest BCUT2D eigenvalue weighted by Crippen LogP contribution is 2.40. The Kier molecular flexibility index (Phi) is 67.9. The molecule has 1 aliphatic rings. The largest absolute Gasteiger partial charge is 0.0776 e. The van der Waals surface area contributed by atoms with Crippen molar-refractivity contribution in [2.75, 3.05) is 0 Å². The standard InChI is InChI=1S/C33H36.C27H32.C25H28.C24H32.C19H24.7C2H6.2CH4.H2/c1-4-7-25-10-16-28(17-11-25)31-22-32(29-18-12-26(8-5-2)13-19-29)24-33(23-31)30-20-14-27(9-6-3)15-21-30;1-4-7-21-10-14-24(15-11-21)26-18-23(9-6-3)19-27(20-26)25-16-12-22(8-5-2)13-17-25;1-4-20(5-2)18-21-8-12-23(13-9-21)25-16-14-24(15-17-25)22-10-6-19(3)7-11-22;1-5-19-7-9-21(10-8-19)22-11-13-23(14-12-22)24-16-15-20(6-2)17(3)18(24)4;1-4-16(5-2)14-17-8-12-19(13-9-17)18-10-6-15(3)7-11-18;7*1-2;;;/h10-24H,4-9H2,1-3H3;10-20H,4-9H2,1-3H3;6-17,20H,4-5,18H2,1-3H3;11-16,19,21H,5-10H2,1-4H3;6-13,16H,4-5,14H2,1-3H3;7*1-2H3;2*1H4;1H. The predicted octanol–water partition coefficient (Wildman–Crippen LogP) is 46.3. The maximum atomic E-state index is 2.38. The van der Waals surface area contributed by atoms with E-state index < -0.39 is 0 Å². The molecule has 14 aromatic carbocycles. The van der Waals surface area contributed by atoms with Crippen molar-refractivity contribution in [1.29, 1.82) is 0 Å². The minimum absolute atomic E-state index is 0. The van der Waals surface area contributed by atoms with Crippen LogP contribution in [0.3, 0.4) is 0 Å². The molecule has 0 aliphatic heterocycles. The summed E-state index contributed by atoms with van der Waals surface area (Å²) in [5.41, 5.74) is 43.4. The minimum Gasteiger partial charge on any atom is -0.0776 e. The molecule has 0 radical (unpaired) electrons. The topological polar surface area (TPSA) is 0 Å². The van der Waals surface area contributed by atoms with Gasteiger partial charge in [0.15, 0.2) is 0 Å². The van der Waals surface area contributed by atoms with Gasteiger partial charge in [-0.15, -0.1) is 0 Å². The minimum atomic E-state index is 0. The number of hydrogen-bond donors (Lipinski definition) is 0. The Morgan fingerprint density at radius 2 is 0.431 bits per heavy atom. The molecule has 780 valence electrons. The lowest BCUT2D eigenvalue weighted by Crippen LogP contribution is -2.12. The van der Waals surface area contributed by atoms with Gasteiger partial charge in [0.05, 0.1) is 0 Å². The van der Waals surface area contributed by atoms with Crippen molar-refractivity contribution in [3.8, 4) is 100 Å². The number of hydrogen-bond acceptors (Lipinski definition) is 0. The molecule has 0 bridgehead atoms. The maximum absolute atomic E-state index is 2.38. The smallest absolute Gasteiger partial charge is 0 e. The van der Waals surface area contributed by atoms with Gasteiger partial charge in [-0.2, -0.15) is 0 Å². The Balaban J connectivity index is 0.000000881. The fourth-order valence-corrected chi connectivity index (χ4v) is 18.6. The van der Waals surface area contributed by atoms with E-state index in [4.69, 9.17) is 0 Å². The van der Waals surface area contributed by atoms with E-state index in [0.717, 1.165) is 68.6 Å². The van der Waals surface area contributed by atoms with Crippen LogP contribution in [0.4, 0.5) is 0 Å². The first-order valence-electron chi connectivity index (χ1n) is 56.9. The summed E-state index contributed by atoms with van der Waals surface area (Å²) in [6.07, 6.45) is 29.5. The lowest BCUT2D eigenvalue weighted by Gasteiger charge is -2.28. The summed E-state index contributed by atoms with van der Waals surface area (Å²) in [6, 6.07) is 118. The molecule has 0 N–H and O–H groups in total. The summed E-state index contributed by atoms with van der Waals surface area (Å²) in [4.78, 5) is 0. The molecule has 15 rings (SSSR count). The van der Waals surface area contributed by atoms with Crippen LogP contribution < -0.4 is 0 Å². The first kappa shape index (κ1) is 129. The van der Waals surface area contributed by atoms with E-state index in [9.17, 15) is 0 Å². The van der Waals surface area contributed by atoms with Gasteiger partial charge < -0.3 is 0 Å². The molecule has 0 spiro atoms. The molecule has 1 fully saturated rings. The molecule has 0 saturated heterocycles. The number of aryl methyl sites for hydroxylation is 9. The Labute approximate surface area is 889 Å². The van der Waals surface area contributed by atoms with Crippen LogP contribution >= 0.6 is 0 Å². The summed E-state index contributed by atoms with van der Waals surface area (Å²) in [7, 11) is 0. The first-order valence-corrected chi connectivity index (χ1v) is 56.9. The van der Waals surface area contributed by atoms with Gasteiger partial charge in [0, 0.05) is 1.43 Å². The average Bonchev–Trinajstić information content (AvgIpc) is 0.810. The molecule has 0 heterocycles. The van der Waals surface area contributed by atoms with E-state index in [0.29, 0.717) is 0 Å². The normalized spacial score (nSPS) is 11.7. The zero-order chi connectivity index (χ0) is 105. The lowest BCUT2D eigenvalue weighted by atomic mass is 9.77. The van der Waals surface area contributed by atoms with Crippen molar-refractivity contribution in [3.05, 3.63) is 393 Å². The van der Waals surface area contributed by atoms with Crippen LogP contribution in [0.5, 0.6) is 0 Å². The summed E-state index contributed by atoms with van der Waals surface area (Å²) < 4.78 is 0. The predicted molar refractivity (Wildman–Crippen MR) is 659 cm³/mol. The highest BCUT2D eigenvalue weighted by atomic mass is 14.3. The van der Waals surface area contributed by atoms with Crippen LogP contribution in [-0.4, -0.2) is 0 Å². The van der Waals surface area contributed by atoms with Crippen molar-refractivity contribution in [3.63, 3.8) is 0 Å². The second-order valence-electron chi connectivity index (χ2n) is 36.8. The molecule has 0 nitrogen and oxygen atoms in total. The monoisotopic (exact) mass is 1930 g/mol. The molecule has 0 heteroatoms. The third-order valence-corrected chi connectivity index (χ3v) is 27.2. The quantitative estimate of drug-likeness (QED) is 0.0394. The van der Waals surface area contributed by atoms with Crippen LogP contribution in [0, 0.1) is 45.4 Å². The van der Waals surface area contributed by atoms with Gasteiger partial charge in [0.1, 0.15) is 0 Å². The zero-order valence-corrected chi connectivity index (χ0v) is 95.3. The van der Waals surface area contributed by atoms with Gasteiger partial charge in [-0.1, -0.05) is 568 Å². The molecule has 0 atom stereocenters. The fourth-order valence-electron chi connectivity index (χ4n) is 18.6. The Bertz CT molecular complexity index is 5300. The van der Waals surface area contributed by atoms with Crippen molar-refractivity contribution in [2.24, 2.45) is 17.8 Å². The molecule has 1 saturated carbocycles. The molecule has 0 aromatic heterocycles. The van der Waals surface area contributed by atoms with Crippen molar-refractivity contribution < 1.29 is 1.43 Å². The zero-order valence-electron chi connectivity index (χ0n) is 95.3. The maximum Gasteiger partial charge on any atom is 0 e. The number of rotatable bonds is 32. The van der Waals surface area contributed by atoms with E-state index in [1.807, 2.05) is 96.9 Å². The highest BCUT2D eigenvalue weighted by molar-refractivity contribution is 5.82. The molecular formula is C144H204. The van der Waals surface area contributed by atoms with Gasteiger partial charge in [-0.05, 0) is 326 Å². The molecule has 144 heavy (non-hydrogen) atoms. The van der Waals surface area contributed by atoms with Crippen molar-refractivity contribution in [1.82, 2.24) is 0 Å². The Hall–Kier alpha value is -10.9.